The molecule has 0 aliphatic carbocycles. The number of aromatic nitrogens is 1. The van der Waals surface area contributed by atoms with Crippen molar-refractivity contribution in [2.75, 3.05) is 18.5 Å². The van der Waals surface area contributed by atoms with Gasteiger partial charge in [-0.15, -0.1) is 0 Å². The van der Waals surface area contributed by atoms with E-state index in [1.54, 1.807) is 36.7 Å². The fourth-order valence-corrected chi connectivity index (χ4v) is 1.70. The molecule has 0 fully saturated rings. The second-order valence-electron chi connectivity index (χ2n) is 4.24. The molecule has 5 heteroatoms. The molecular weight excluding hydrogens is 254 g/mol. The lowest BCUT2D eigenvalue weighted by Gasteiger charge is -2.07. The first-order valence-electron chi connectivity index (χ1n) is 6.39. The summed E-state index contributed by atoms with van der Waals surface area (Å²) in [5, 5.41) is 2.83. The van der Waals surface area contributed by atoms with E-state index in [0.29, 0.717) is 19.6 Å². The van der Waals surface area contributed by atoms with Gasteiger partial charge in [0.15, 0.2) is 0 Å². The van der Waals surface area contributed by atoms with Gasteiger partial charge in [-0.25, -0.2) is 0 Å². The van der Waals surface area contributed by atoms with Crippen molar-refractivity contribution >= 4 is 11.6 Å². The number of benzene rings is 1. The fraction of sp³-hybridized carbons (Fsp3) is 0.200. The highest BCUT2D eigenvalue weighted by Gasteiger charge is 2.04. The molecular formula is C15H17N3O2. The van der Waals surface area contributed by atoms with Gasteiger partial charge in [0.25, 0.3) is 0 Å². The molecule has 104 valence electrons. The standard InChI is InChI=1S/C15H17N3O2/c16-7-10-20-14-3-1-13(2-4-14)18-15(19)11-12-5-8-17-9-6-12/h1-6,8-9H,7,10-11,16H2,(H,18,19). The van der Waals surface area contributed by atoms with E-state index >= 15 is 0 Å². The molecule has 1 amide bonds. The Morgan fingerprint density at radius 1 is 1.15 bits per heavy atom. The Hall–Kier alpha value is -2.40. The number of amides is 1. The number of nitrogens with two attached hydrogens (primary N) is 1. The van der Waals surface area contributed by atoms with Crippen LogP contribution in [0.2, 0.25) is 0 Å². The maximum absolute atomic E-state index is 11.9. The Morgan fingerprint density at radius 3 is 2.50 bits per heavy atom. The van der Waals surface area contributed by atoms with Crippen LogP contribution in [0.3, 0.4) is 0 Å². The normalized spacial score (nSPS) is 10.1. The first-order chi connectivity index (χ1) is 9.78. The van der Waals surface area contributed by atoms with Crippen molar-refractivity contribution in [3.63, 3.8) is 0 Å². The molecule has 0 aliphatic rings. The van der Waals surface area contributed by atoms with Crippen molar-refractivity contribution in [3.8, 4) is 5.75 Å². The minimum atomic E-state index is -0.0631. The zero-order chi connectivity index (χ0) is 14.2. The molecule has 0 aliphatic heterocycles. The summed E-state index contributed by atoms with van der Waals surface area (Å²) in [4.78, 5) is 15.8. The van der Waals surface area contributed by atoms with E-state index in [1.165, 1.54) is 0 Å². The Balaban J connectivity index is 1.88. The molecule has 1 heterocycles. The number of pyridine rings is 1. The van der Waals surface area contributed by atoms with Gasteiger partial charge in [-0.05, 0) is 42.0 Å². The van der Waals surface area contributed by atoms with Crippen LogP contribution >= 0.6 is 0 Å². The predicted octanol–water partition coefficient (Wildman–Crippen LogP) is 1.60. The van der Waals surface area contributed by atoms with Gasteiger partial charge < -0.3 is 15.8 Å². The molecule has 5 nitrogen and oxygen atoms in total. The van der Waals surface area contributed by atoms with Crippen molar-refractivity contribution in [3.05, 3.63) is 54.4 Å². The Kier molecular flexibility index (Phi) is 5.08. The third kappa shape index (κ3) is 4.37. The number of anilines is 1. The minimum absolute atomic E-state index is 0.0631. The molecule has 20 heavy (non-hydrogen) atoms. The number of nitrogens with one attached hydrogen (secondary N) is 1. The number of nitrogens with zero attached hydrogens (tertiary/aromatic N) is 1. The Bertz CT molecular complexity index is 541. The molecule has 2 rings (SSSR count). The van der Waals surface area contributed by atoms with Crippen LogP contribution in [0.1, 0.15) is 5.56 Å². The van der Waals surface area contributed by atoms with Gasteiger partial charge in [-0.1, -0.05) is 0 Å². The quantitative estimate of drug-likeness (QED) is 0.836. The maximum Gasteiger partial charge on any atom is 0.228 e. The lowest BCUT2D eigenvalue weighted by Crippen LogP contribution is -2.14. The Labute approximate surface area is 117 Å². The molecule has 0 saturated carbocycles. The summed E-state index contributed by atoms with van der Waals surface area (Å²) in [5.74, 6) is 0.675. The zero-order valence-electron chi connectivity index (χ0n) is 11.1. The fourth-order valence-electron chi connectivity index (χ4n) is 1.70. The van der Waals surface area contributed by atoms with Crippen LogP contribution in [0, 0.1) is 0 Å². The first kappa shape index (κ1) is 14.0. The number of rotatable bonds is 6. The van der Waals surface area contributed by atoms with E-state index in [1.807, 2.05) is 12.1 Å². The van der Waals surface area contributed by atoms with E-state index in [4.69, 9.17) is 10.5 Å². The lowest BCUT2D eigenvalue weighted by molar-refractivity contribution is -0.115. The van der Waals surface area contributed by atoms with Crippen molar-refractivity contribution < 1.29 is 9.53 Å². The minimum Gasteiger partial charge on any atom is -0.492 e. The third-order valence-electron chi connectivity index (χ3n) is 2.64. The molecule has 0 saturated heterocycles. The van der Waals surface area contributed by atoms with Gasteiger partial charge in [0.1, 0.15) is 12.4 Å². The number of hydrogen-bond donors (Lipinski definition) is 2. The van der Waals surface area contributed by atoms with Crippen LogP contribution in [0.5, 0.6) is 5.75 Å². The van der Waals surface area contributed by atoms with Gasteiger partial charge in [-0.2, -0.15) is 0 Å². The molecule has 1 aromatic heterocycles. The first-order valence-corrected chi connectivity index (χ1v) is 6.39. The molecule has 2 aromatic rings. The summed E-state index contributed by atoms with van der Waals surface area (Å²) in [6.45, 7) is 0.957. The molecule has 3 N–H and O–H groups in total. The largest absolute Gasteiger partial charge is 0.492 e. The SMILES string of the molecule is NCCOc1ccc(NC(=O)Cc2ccncc2)cc1. The van der Waals surface area contributed by atoms with Crippen LogP contribution in [0.4, 0.5) is 5.69 Å². The highest BCUT2D eigenvalue weighted by Crippen LogP contribution is 2.15. The van der Waals surface area contributed by atoms with E-state index in [9.17, 15) is 4.79 Å². The van der Waals surface area contributed by atoms with Crippen molar-refractivity contribution in [2.24, 2.45) is 5.73 Å². The molecule has 1 aromatic carbocycles. The van der Waals surface area contributed by atoms with Crippen LogP contribution in [-0.4, -0.2) is 24.0 Å². The van der Waals surface area contributed by atoms with Crippen molar-refractivity contribution in [1.29, 1.82) is 0 Å². The Morgan fingerprint density at radius 2 is 1.85 bits per heavy atom. The van der Waals surface area contributed by atoms with Crippen molar-refractivity contribution in [2.45, 2.75) is 6.42 Å². The van der Waals surface area contributed by atoms with Gasteiger partial charge in [-0.3, -0.25) is 9.78 Å². The van der Waals surface area contributed by atoms with Crippen LogP contribution in [-0.2, 0) is 11.2 Å². The number of carbonyl (C=O) groups excluding carboxylic acids is 1. The summed E-state index contributed by atoms with van der Waals surface area (Å²) >= 11 is 0. The summed E-state index contributed by atoms with van der Waals surface area (Å²) in [7, 11) is 0. The summed E-state index contributed by atoms with van der Waals surface area (Å²) in [6, 6.07) is 10.9. The average Bonchev–Trinajstić information content (AvgIpc) is 2.47. The van der Waals surface area contributed by atoms with Crippen molar-refractivity contribution in [1.82, 2.24) is 4.98 Å². The second-order valence-corrected chi connectivity index (χ2v) is 4.24. The molecule has 0 unspecified atom stereocenters. The highest BCUT2D eigenvalue weighted by molar-refractivity contribution is 5.92. The van der Waals surface area contributed by atoms with Gasteiger partial charge in [0.2, 0.25) is 5.91 Å². The summed E-state index contributed by atoms with van der Waals surface area (Å²) in [5.41, 5.74) is 7.03. The summed E-state index contributed by atoms with van der Waals surface area (Å²) < 4.78 is 5.37. The van der Waals surface area contributed by atoms with E-state index in [2.05, 4.69) is 10.3 Å². The van der Waals surface area contributed by atoms with Crippen LogP contribution < -0.4 is 15.8 Å². The zero-order valence-corrected chi connectivity index (χ0v) is 11.1. The van der Waals surface area contributed by atoms with E-state index in [0.717, 1.165) is 17.0 Å². The van der Waals surface area contributed by atoms with Gasteiger partial charge in [0, 0.05) is 24.6 Å². The maximum atomic E-state index is 11.9. The number of ether oxygens (including phenoxy) is 1. The van der Waals surface area contributed by atoms with E-state index < -0.39 is 0 Å². The molecule has 0 radical (unpaired) electrons. The van der Waals surface area contributed by atoms with E-state index in [-0.39, 0.29) is 5.91 Å². The monoisotopic (exact) mass is 271 g/mol. The lowest BCUT2D eigenvalue weighted by atomic mass is 10.2. The molecule has 0 spiro atoms. The summed E-state index contributed by atoms with van der Waals surface area (Å²) in [6.07, 6.45) is 3.67. The number of hydrogen-bond acceptors (Lipinski definition) is 4. The molecule has 0 atom stereocenters. The molecule has 0 bridgehead atoms. The average molecular weight is 271 g/mol. The van der Waals surface area contributed by atoms with Gasteiger partial charge in [0.05, 0.1) is 6.42 Å². The van der Waals surface area contributed by atoms with Crippen LogP contribution in [0.15, 0.2) is 48.8 Å². The topological polar surface area (TPSA) is 77.2 Å². The predicted molar refractivity (Wildman–Crippen MR) is 77.6 cm³/mol. The third-order valence-corrected chi connectivity index (χ3v) is 2.64. The van der Waals surface area contributed by atoms with Crippen LogP contribution in [0.25, 0.3) is 0 Å². The number of carbonyl (C=O) groups is 1. The highest BCUT2D eigenvalue weighted by atomic mass is 16.5. The van der Waals surface area contributed by atoms with Gasteiger partial charge >= 0.3 is 0 Å². The smallest absolute Gasteiger partial charge is 0.228 e. The second kappa shape index (κ2) is 7.25.